The molecule has 0 aliphatic heterocycles. The Bertz CT molecular complexity index is 1120. The zero-order valence-corrected chi connectivity index (χ0v) is 27.1. The summed E-state index contributed by atoms with van der Waals surface area (Å²) in [6, 6.07) is 8.72. The normalized spacial score (nSPS) is 16.1. The smallest absolute Gasteiger partial charge is 0.550 e. The number of carboxylic acids is 2. The fourth-order valence-corrected chi connectivity index (χ4v) is 4.55. The number of aryl methyl sites for hydroxylation is 2. The Morgan fingerprint density at radius 1 is 0.786 bits per heavy atom. The Morgan fingerprint density at radius 2 is 1.10 bits per heavy atom. The van der Waals surface area contributed by atoms with E-state index in [1.165, 1.54) is 11.1 Å². The van der Waals surface area contributed by atoms with Gasteiger partial charge in [-0.05, 0) is 92.2 Å². The van der Waals surface area contributed by atoms with Crippen LogP contribution in [0.1, 0.15) is 120 Å². The van der Waals surface area contributed by atoms with Crippen molar-refractivity contribution >= 4 is 24.4 Å². The SMILES string of the molecule is CC(=O)[O-].CC(=O)[O-].CCc1cc(C=NC2CCC(N=Cc3cc(CC)cc(C(C)C)c3O)C2)c(O)c(C(C)C)c1.[Co+2]. The van der Waals surface area contributed by atoms with Crippen LogP contribution in [0, 0.1) is 0 Å². The molecule has 0 heterocycles. The van der Waals surface area contributed by atoms with Crippen molar-refractivity contribution in [3.05, 3.63) is 57.6 Å². The molecule has 0 saturated heterocycles. The molecule has 233 valence electrons. The van der Waals surface area contributed by atoms with E-state index < -0.39 is 11.9 Å². The molecule has 9 heteroatoms. The number of carbonyl (C=O) groups is 2. The zero-order chi connectivity index (χ0) is 31.3. The molecule has 2 aromatic rings. The molecule has 2 N–H and O–H groups in total. The van der Waals surface area contributed by atoms with Crippen LogP contribution in [-0.4, -0.2) is 46.7 Å². The molecule has 1 fully saturated rings. The van der Waals surface area contributed by atoms with Gasteiger partial charge in [-0.1, -0.05) is 53.7 Å². The molecule has 0 amide bonds. The first kappa shape index (κ1) is 38.8. The molecule has 8 nitrogen and oxygen atoms in total. The summed E-state index contributed by atoms with van der Waals surface area (Å²) in [5.41, 5.74) is 6.04. The second-order valence-corrected chi connectivity index (χ2v) is 10.9. The standard InChI is InChI=1S/C29H40N2O2.2C2H4O2.Co/c1-7-20-11-22(28(32)26(13-20)18(3)4)16-30-24-9-10-25(15-24)31-17-23-12-21(8-2)14-27(19(5)6)29(23)33;2*1-2(3)4;/h11-14,16-19,24-25,32-33H,7-10,15H2,1-6H3;2*1H3,(H,3,4);/q;;;+2/p-2. The van der Waals surface area contributed by atoms with Gasteiger partial charge in [-0.25, -0.2) is 0 Å². The molecule has 1 radical (unpaired) electrons. The van der Waals surface area contributed by atoms with Gasteiger partial charge >= 0.3 is 16.8 Å². The maximum absolute atomic E-state index is 10.7. The van der Waals surface area contributed by atoms with Crippen LogP contribution >= 0.6 is 0 Å². The van der Waals surface area contributed by atoms with Gasteiger partial charge in [-0.2, -0.15) is 0 Å². The van der Waals surface area contributed by atoms with Gasteiger partial charge in [0.1, 0.15) is 11.5 Å². The third-order valence-electron chi connectivity index (χ3n) is 6.74. The van der Waals surface area contributed by atoms with E-state index in [0.29, 0.717) is 11.5 Å². The summed E-state index contributed by atoms with van der Waals surface area (Å²) < 4.78 is 0. The van der Waals surface area contributed by atoms with Crippen molar-refractivity contribution in [1.82, 2.24) is 0 Å². The van der Waals surface area contributed by atoms with E-state index in [0.717, 1.165) is 68.2 Å². The van der Waals surface area contributed by atoms with Crippen LogP contribution in [0.3, 0.4) is 0 Å². The second kappa shape index (κ2) is 19.1. The first-order chi connectivity index (χ1) is 19.2. The zero-order valence-electron chi connectivity index (χ0n) is 26.1. The van der Waals surface area contributed by atoms with Gasteiger partial charge < -0.3 is 30.0 Å². The van der Waals surface area contributed by atoms with Gasteiger partial charge in [0, 0.05) is 35.5 Å². The molecule has 3 rings (SSSR count). The monoisotopic (exact) mass is 625 g/mol. The molecule has 2 unspecified atom stereocenters. The third kappa shape index (κ3) is 13.2. The fraction of sp³-hybridized carbons (Fsp3) is 0.515. The Kier molecular flexibility index (Phi) is 17.7. The number of hydrogen-bond acceptors (Lipinski definition) is 8. The van der Waals surface area contributed by atoms with Crippen LogP contribution in [-0.2, 0) is 39.2 Å². The average molecular weight is 626 g/mol. The van der Waals surface area contributed by atoms with Gasteiger partial charge in [0.2, 0.25) is 0 Å². The number of hydrogen-bond donors (Lipinski definition) is 2. The van der Waals surface area contributed by atoms with Crippen molar-refractivity contribution < 1.29 is 46.8 Å². The molecule has 2 atom stereocenters. The number of carbonyl (C=O) groups excluding carboxylic acids is 2. The van der Waals surface area contributed by atoms with Crippen molar-refractivity contribution in [2.24, 2.45) is 9.98 Å². The minimum Gasteiger partial charge on any atom is -0.550 e. The number of rotatable bonds is 8. The molecule has 1 saturated carbocycles. The number of nitrogens with zero attached hydrogens (tertiary/aromatic N) is 2. The van der Waals surface area contributed by atoms with Crippen LogP contribution in [0.4, 0.5) is 0 Å². The van der Waals surface area contributed by atoms with Gasteiger partial charge in [0.15, 0.2) is 0 Å². The number of aliphatic carboxylic acids is 2. The fourth-order valence-electron chi connectivity index (χ4n) is 4.55. The summed E-state index contributed by atoms with van der Waals surface area (Å²) in [6.45, 7) is 14.6. The van der Waals surface area contributed by atoms with Crippen LogP contribution in [0.2, 0.25) is 0 Å². The van der Waals surface area contributed by atoms with E-state index >= 15 is 0 Å². The van der Waals surface area contributed by atoms with Crippen LogP contribution in [0.5, 0.6) is 11.5 Å². The topological polar surface area (TPSA) is 145 Å². The van der Waals surface area contributed by atoms with Crippen molar-refractivity contribution in [2.45, 2.75) is 111 Å². The number of carboxylic acid groups (broad SMARTS) is 2. The van der Waals surface area contributed by atoms with E-state index in [2.05, 4.69) is 53.7 Å². The molecule has 0 aromatic heterocycles. The van der Waals surface area contributed by atoms with E-state index in [9.17, 15) is 10.2 Å². The van der Waals surface area contributed by atoms with Gasteiger partial charge in [-0.3, -0.25) is 9.98 Å². The maximum Gasteiger partial charge on any atom is 2.00 e. The summed E-state index contributed by atoms with van der Waals surface area (Å²) >= 11 is 0. The number of aromatic hydroxyl groups is 2. The molecule has 1 aliphatic rings. The largest absolute Gasteiger partial charge is 2.00 e. The summed E-state index contributed by atoms with van der Waals surface area (Å²) in [7, 11) is 0. The molecular weight excluding hydrogens is 579 g/mol. The summed E-state index contributed by atoms with van der Waals surface area (Å²) in [5.74, 6) is -0.920. The molecule has 42 heavy (non-hydrogen) atoms. The summed E-state index contributed by atoms with van der Waals surface area (Å²) in [4.78, 5) is 27.4. The molecule has 0 spiro atoms. The van der Waals surface area contributed by atoms with Crippen LogP contribution < -0.4 is 10.2 Å². The second-order valence-electron chi connectivity index (χ2n) is 10.9. The minimum atomic E-state index is -1.08. The quantitative estimate of drug-likeness (QED) is 0.415. The molecular formula is C33H46CoN2O6. The minimum absolute atomic E-state index is 0. The van der Waals surface area contributed by atoms with Crippen molar-refractivity contribution in [3.63, 3.8) is 0 Å². The third-order valence-corrected chi connectivity index (χ3v) is 6.74. The van der Waals surface area contributed by atoms with Crippen molar-refractivity contribution in [3.8, 4) is 11.5 Å². The first-order valence-corrected chi connectivity index (χ1v) is 14.3. The van der Waals surface area contributed by atoms with E-state index in [-0.39, 0.29) is 40.7 Å². The number of phenolic OH excluding ortho intramolecular Hbond substituents is 2. The Hall–Kier alpha value is -3.17. The van der Waals surface area contributed by atoms with E-state index in [1.807, 2.05) is 24.6 Å². The average Bonchev–Trinajstić information content (AvgIpc) is 3.34. The molecule has 2 aromatic carbocycles. The number of benzene rings is 2. The Balaban J connectivity index is 0.00000166. The summed E-state index contributed by atoms with van der Waals surface area (Å²) in [5, 5.41) is 39.2. The number of phenols is 2. The van der Waals surface area contributed by atoms with Gasteiger partial charge in [0.05, 0.1) is 12.1 Å². The first-order valence-electron chi connectivity index (χ1n) is 14.3. The maximum atomic E-state index is 10.7. The van der Waals surface area contributed by atoms with Crippen LogP contribution in [0.25, 0.3) is 0 Å². The molecule has 0 bridgehead atoms. The summed E-state index contributed by atoms with van der Waals surface area (Å²) in [6.07, 6.45) is 8.44. The molecule has 1 aliphatic carbocycles. The van der Waals surface area contributed by atoms with Crippen LogP contribution in [0.15, 0.2) is 34.3 Å². The van der Waals surface area contributed by atoms with Gasteiger partial charge in [-0.15, -0.1) is 0 Å². The van der Waals surface area contributed by atoms with E-state index in [4.69, 9.17) is 29.8 Å². The predicted octanol–water partition coefficient (Wildman–Crippen LogP) is 4.44. The van der Waals surface area contributed by atoms with E-state index in [1.54, 1.807) is 0 Å². The van der Waals surface area contributed by atoms with Crippen molar-refractivity contribution in [2.75, 3.05) is 0 Å². The number of aliphatic imine (C=N–C) groups is 2. The van der Waals surface area contributed by atoms with Gasteiger partial charge in [0.25, 0.3) is 0 Å². The van der Waals surface area contributed by atoms with Crippen molar-refractivity contribution in [1.29, 1.82) is 0 Å². The Labute approximate surface area is 261 Å². The Morgan fingerprint density at radius 3 is 1.36 bits per heavy atom. The predicted molar refractivity (Wildman–Crippen MR) is 161 cm³/mol.